The Kier molecular flexibility index (Phi) is 6.01. The van der Waals surface area contributed by atoms with Crippen molar-refractivity contribution in [3.8, 4) is 5.75 Å². The fourth-order valence-corrected chi connectivity index (χ4v) is 2.59. The first-order valence-electron chi connectivity index (χ1n) is 8.70. The van der Waals surface area contributed by atoms with Gasteiger partial charge in [0.25, 0.3) is 11.5 Å². The first-order valence-corrected chi connectivity index (χ1v) is 8.70. The van der Waals surface area contributed by atoms with Crippen LogP contribution >= 0.6 is 0 Å². The van der Waals surface area contributed by atoms with Gasteiger partial charge in [-0.1, -0.05) is 24.3 Å². The van der Waals surface area contributed by atoms with Gasteiger partial charge in [0, 0.05) is 0 Å². The average Bonchev–Trinajstić information content (AvgIpc) is 2.70. The summed E-state index contributed by atoms with van der Waals surface area (Å²) < 4.78 is 11.5. The molecule has 1 heterocycles. The molecule has 3 rings (SSSR count). The van der Waals surface area contributed by atoms with E-state index in [-0.39, 0.29) is 12.1 Å². The van der Waals surface area contributed by atoms with Gasteiger partial charge in [-0.25, -0.2) is 4.98 Å². The second-order valence-electron chi connectivity index (χ2n) is 5.83. The summed E-state index contributed by atoms with van der Waals surface area (Å²) in [5, 5.41) is 3.03. The number of para-hydroxylation sites is 3. The van der Waals surface area contributed by atoms with Crippen LogP contribution in [-0.2, 0) is 20.9 Å². The number of rotatable bonds is 7. The lowest BCUT2D eigenvalue weighted by atomic mass is 10.2. The maximum atomic E-state index is 12.4. The quantitative estimate of drug-likeness (QED) is 0.628. The van der Waals surface area contributed by atoms with Crippen LogP contribution in [0.2, 0.25) is 0 Å². The van der Waals surface area contributed by atoms with Gasteiger partial charge in [0.05, 0.1) is 29.5 Å². The predicted molar refractivity (Wildman–Crippen MR) is 103 cm³/mol. The molecule has 0 saturated carbocycles. The van der Waals surface area contributed by atoms with Crippen molar-refractivity contribution < 1.29 is 19.1 Å². The molecule has 8 heteroatoms. The van der Waals surface area contributed by atoms with Crippen molar-refractivity contribution in [2.75, 3.05) is 18.5 Å². The molecule has 0 radical (unpaired) electrons. The minimum atomic E-state index is -0.715. The lowest BCUT2D eigenvalue weighted by molar-refractivity contribution is -0.147. The van der Waals surface area contributed by atoms with E-state index in [4.69, 9.17) is 9.47 Å². The lowest BCUT2D eigenvalue weighted by Crippen LogP contribution is -2.28. The van der Waals surface area contributed by atoms with Gasteiger partial charge in [-0.3, -0.25) is 19.0 Å². The summed E-state index contributed by atoms with van der Waals surface area (Å²) >= 11 is 0. The molecule has 144 valence electrons. The van der Waals surface area contributed by atoms with Crippen LogP contribution in [0.4, 0.5) is 5.69 Å². The summed E-state index contributed by atoms with van der Waals surface area (Å²) in [6.07, 6.45) is 1.28. The Morgan fingerprint density at radius 3 is 2.68 bits per heavy atom. The first kappa shape index (κ1) is 19.1. The van der Waals surface area contributed by atoms with Crippen molar-refractivity contribution in [3.63, 3.8) is 0 Å². The van der Waals surface area contributed by atoms with Gasteiger partial charge in [-0.05, 0) is 31.2 Å². The topological polar surface area (TPSA) is 99.5 Å². The van der Waals surface area contributed by atoms with E-state index < -0.39 is 18.5 Å². The van der Waals surface area contributed by atoms with E-state index in [2.05, 4.69) is 10.3 Å². The number of nitrogens with zero attached hydrogens (tertiary/aromatic N) is 2. The van der Waals surface area contributed by atoms with Crippen LogP contribution in [-0.4, -0.2) is 34.6 Å². The van der Waals surface area contributed by atoms with Crippen molar-refractivity contribution in [1.82, 2.24) is 9.55 Å². The van der Waals surface area contributed by atoms with Gasteiger partial charge >= 0.3 is 5.97 Å². The second kappa shape index (κ2) is 8.81. The molecule has 1 N–H and O–H groups in total. The maximum absolute atomic E-state index is 12.4. The molecule has 0 bridgehead atoms. The van der Waals surface area contributed by atoms with E-state index in [9.17, 15) is 14.4 Å². The predicted octanol–water partition coefficient (Wildman–Crippen LogP) is 1.98. The molecule has 0 aliphatic rings. The molecule has 0 saturated heterocycles. The number of amides is 1. The van der Waals surface area contributed by atoms with Gasteiger partial charge < -0.3 is 14.8 Å². The number of nitrogens with one attached hydrogen (secondary N) is 1. The van der Waals surface area contributed by atoms with Crippen molar-refractivity contribution in [3.05, 3.63) is 65.2 Å². The zero-order valence-electron chi connectivity index (χ0n) is 15.3. The lowest BCUT2D eigenvalue weighted by Gasteiger charge is -2.11. The minimum Gasteiger partial charge on any atom is -0.492 e. The molecule has 28 heavy (non-hydrogen) atoms. The van der Waals surface area contributed by atoms with E-state index in [0.29, 0.717) is 28.9 Å². The standard InChI is InChI=1S/C20H19N3O5/c1-2-27-17-10-6-5-9-16(17)22-18(24)12-28-19(25)11-23-13-21-15-8-4-3-7-14(15)20(23)26/h3-10,13H,2,11-12H2,1H3,(H,22,24). The van der Waals surface area contributed by atoms with Gasteiger partial charge in [0.1, 0.15) is 12.3 Å². The van der Waals surface area contributed by atoms with Gasteiger partial charge in [-0.15, -0.1) is 0 Å². The molecule has 1 amide bonds. The largest absolute Gasteiger partial charge is 0.492 e. The number of carbonyl (C=O) groups is 2. The molecule has 0 unspecified atom stereocenters. The minimum absolute atomic E-state index is 0.334. The number of hydrogen-bond acceptors (Lipinski definition) is 6. The number of esters is 1. The third-order valence-electron chi connectivity index (χ3n) is 3.86. The van der Waals surface area contributed by atoms with Crippen molar-refractivity contribution >= 4 is 28.5 Å². The molecule has 1 aromatic heterocycles. The number of hydrogen-bond donors (Lipinski definition) is 1. The maximum Gasteiger partial charge on any atom is 0.326 e. The highest BCUT2D eigenvalue weighted by atomic mass is 16.5. The van der Waals surface area contributed by atoms with Crippen LogP contribution in [0.3, 0.4) is 0 Å². The molecular weight excluding hydrogens is 362 g/mol. The summed E-state index contributed by atoms with van der Waals surface area (Å²) in [5.74, 6) is -0.699. The van der Waals surface area contributed by atoms with E-state index >= 15 is 0 Å². The zero-order chi connectivity index (χ0) is 19.9. The third-order valence-corrected chi connectivity index (χ3v) is 3.86. The average molecular weight is 381 g/mol. The molecule has 0 aliphatic carbocycles. The van der Waals surface area contributed by atoms with Crippen LogP contribution in [0.15, 0.2) is 59.7 Å². The number of anilines is 1. The van der Waals surface area contributed by atoms with E-state index in [0.717, 1.165) is 4.57 Å². The fourth-order valence-electron chi connectivity index (χ4n) is 2.59. The van der Waals surface area contributed by atoms with E-state index in [1.165, 1.54) is 6.33 Å². The van der Waals surface area contributed by atoms with Crippen LogP contribution in [0, 0.1) is 0 Å². The molecule has 8 nitrogen and oxygen atoms in total. The smallest absolute Gasteiger partial charge is 0.326 e. The Labute approximate surface area is 160 Å². The van der Waals surface area contributed by atoms with Crippen LogP contribution in [0.5, 0.6) is 5.75 Å². The third kappa shape index (κ3) is 4.53. The van der Waals surface area contributed by atoms with Gasteiger partial charge in [0.2, 0.25) is 0 Å². The Balaban J connectivity index is 1.58. The number of ether oxygens (including phenoxy) is 2. The summed E-state index contributed by atoms with van der Waals surface area (Å²) in [4.78, 5) is 40.6. The highest BCUT2D eigenvalue weighted by Gasteiger charge is 2.12. The second-order valence-corrected chi connectivity index (χ2v) is 5.83. The number of benzene rings is 2. The fraction of sp³-hybridized carbons (Fsp3) is 0.200. The van der Waals surface area contributed by atoms with Gasteiger partial charge in [-0.2, -0.15) is 0 Å². The molecule has 0 aliphatic heterocycles. The van der Waals surface area contributed by atoms with Crippen molar-refractivity contribution in [2.45, 2.75) is 13.5 Å². The Bertz CT molecular complexity index is 1060. The summed E-state index contributed by atoms with van der Waals surface area (Å²) in [6.45, 7) is 1.48. The monoisotopic (exact) mass is 381 g/mol. The molecule has 0 fully saturated rings. The first-order chi connectivity index (χ1) is 13.6. The number of fused-ring (bicyclic) bond motifs is 1. The van der Waals surface area contributed by atoms with Crippen molar-refractivity contribution in [1.29, 1.82) is 0 Å². The molecule has 0 spiro atoms. The van der Waals surface area contributed by atoms with Gasteiger partial charge in [0.15, 0.2) is 6.61 Å². The molecule has 0 atom stereocenters. The summed E-state index contributed by atoms with van der Waals surface area (Å²) in [5.41, 5.74) is 0.683. The van der Waals surface area contributed by atoms with Crippen molar-refractivity contribution in [2.24, 2.45) is 0 Å². The van der Waals surface area contributed by atoms with Crippen LogP contribution < -0.4 is 15.6 Å². The van der Waals surface area contributed by atoms with E-state index in [1.54, 1.807) is 48.5 Å². The zero-order valence-corrected chi connectivity index (χ0v) is 15.3. The molecular formula is C20H19N3O5. The van der Waals surface area contributed by atoms with Crippen LogP contribution in [0.1, 0.15) is 6.92 Å². The normalized spacial score (nSPS) is 10.5. The number of carbonyl (C=O) groups excluding carboxylic acids is 2. The highest BCUT2D eigenvalue weighted by Crippen LogP contribution is 2.23. The SMILES string of the molecule is CCOc1ccccc1NC(=O)COC(=O)Cn1cnc2ccccc2c1=O. The summed E-state index contributed by atoms with van der Waals surface area (Å²) in [6, 6.07) is 13.8. The van der Waals surface area contributed by atoms with E-state index in [1.807, 2.05) is 6.92 Å². The molecule has 2 aromatic carbocycles. The Morgan fingerprint density at radius 2 is 1.86 bits per heavy atom. The van der Waals surface area contributed by atoms with Crippen LogP contribution in [0.25, 0.3) is 10.9 Å². The Hall–Kier alpha value is -3.68. The highest BCUT2D eigenvalue weighted by molar-refractivity contribution is 5.94. The summed E-state index contributed by atoms with van der Waals surface area (Å²) in [7, 11) is 0. The number of aromatic nitrogens is 2. The molecule has 3 aromatic rings. The Morgan fingerprint density at radius 1 is 1.11 bits per heavy atom.